The monoisotopic (exact) mass is 447 g/mol. The summed E-state index contributed by atoms with van der Waals surface area (Å²) in [5, 5.41) is 11.5. The molecule has 0 atom stereocenters. The van der Waals surface area contributed by atoms with Crippen LogP contribution in [0, 0.1) is 0 Å². The second kappa shape index (κ2) is 9.69. The van der Waals surface area contributed by atoms with Crippen molar-refractivity contribution in [3.63, 3.8) is 0 Å². The maximum absolute atomic E-state index is 11.5. The molecule has 0 saturated heterocycles. The zero-order valence-corrected chi connectivity index (χ0v) is 20.5. The largest absolute Gasteiger partial charge is 0.507 e. The number of aromatic hydroxyl groups is 1. The Morgan fingerprint density at radius 2 is 1.15 bits per heavy atom. The first kappa shape index (κ1) is 23.5. The molecule has 0 radical (unpaired) electrons. The number of rotatable bonds is 7. The summed E-state index contributed by atoms with van der Waals surface area (Å²) in [4.78, 5) is 4.68. The van der Waals surface area contributed by atoms with Gasteiger partial charge in [-0.25, -0.2) is 0 Å². The molecule has 4 aromatic carbocycles. The SMILES string of the molecule is CC(C)(c1ccccc1)c1cc(C=NCc2ccccc2)c(O)c(C(C)(C)c2ccccc2)c1. The van der Waals surface area contributed by atoms with Gasteiger partial charge in [0.25, 0.3) is 0 Å². The van der Waals surface area contributed by atoms with Crippen LogP contribution in [-0.4, -0.2) is 11.3 Å². The Kier molecular flexibility index (Phi) is 6.70. The van der Waals surface area contributed by atoms with Crippen LogP contribution in [0.4, 0.5) is 0 Å². The first-order valence-electron chi connectivity index (χ1n) is 11.8. The van der Waals surface area contributed by atoms with Gasteiger partial charge in [-0.1, -0.05) is 125 Å². The van der Waals surface area contributed by atoms with Crippen molar-refractivity contribution in [3.05, 3.63) is 137 Å². The van der Waals surface area contributed by atoms with Crippen molar-refractivity contribution in [2.75, 3.05) is 0 Å². The van der Waals surface area contributed by atoms with E-state index in [1.54, 1.807) is 0 Å². The average Bonchev–Trinajstić information content (AvgIpc) is 2.86. The lowest BCUT2D eigenvalue weighted by Crippen LogP contribution is -2.24. The van der Waals surface area contributed by atoms with Crippen molar-refractivity contribution < 1.29 is 5.11 Å². The first-order chi connectivity index (χ1) is 16.3. The summed E-state index contributed by atoms with van der Waals surface area (Å²) >= 11 is 0. The lowest BCUT2D eigenvalue weighted by atomic mass is 9.72. The zero-order chi connectivity index (χ0) is 24.2. The third-order valence-electron chi connectivity index (χ3n) is 6.87. The summed E-state index contributed by atoms with van der Waals surface area (Å²) in [6.07, 6.45) is 1.82. The van der Waals surface area contributed by atoms with Crippen LogP contribution < -0.4 is 0 Å². The Morgan fingerprint density at radius 1 is 0.647 bits per heavy atom. The van der Waals surface area contributed by atoms with Crippen LogP contribution >= 0.6 is 0 Å². The molecule has 34 heavy (non-hydrogen) atoms. The number of benzene rings is 4. The van der Waals surface area contributed by atoms with E-state index in [0.29, 0.717) is 12.3 Å². The summed E-state index contributed by atoms with van der Waals surface area (Å²) in [5.41, 5.74) is 5.72. The van der Waals surface area contributed by atoms with E-state index >= 15 is 0 Å². The van der Waals surface area contributed by atoms with Crippen LogP contribution in [-0.2, 0) is 17.4 Å². The Bertz CT molecular complexity index is 1260. The highest BCUT2D eigenvalue weighted by molar-refractivity contribution is 5.85. The minimum absolute atomic E-state index is 0.238. The van der Waals surface area contributed by atoms with Crippen molar-refractivity contribution in [1.82, 2.24) is 0 Å². The maximum atomic E-state index is 11.5. The van der Waals surface area contributed by atoms with Gasteiger partial charge in [0.1, 0.15) is 5.75 Å². The molecule has 0 aliphatic rings. The van der Waals surface area contributed by atoms with Crippen molar-refractivity contribution in [1.29, 1.82) is 0 Å². The van der Waals surface area contributed by atoms with Crippen LogP contribution in [0.5, 0.6) is 5.75 Å². The Labute approximate surface area is 203 Å². The first-order valence-corrected chi connectivity index (χ1v) is 11.8. The lowest BCUT2D eigenvalue weighted by Gasteiger charge is -2.32. The van der Waals surface area contributed by atoms with Crippen LogP contribution in [0.25, 0.3) is 0 Å². The summed E-state index contributed by atoms with van der Waals surface area (Å²) < 4.78 is 0. The zero-order valence-electron chi connectivity index (χ0n) is 20.5. The molecule has 0 spiro atoms. The number of nitrogens with zero attached hydrogens (tertiary/aromatic N) is 1. The average molecular weight is 448 g/mol. The second-order valence-electron chi connectivity index (χ2n) is 9.90. The third-order valence-corrected chi connectivity index (χ3v) is 6.87. The molecule has 0 fully saturated rings. The molecule has 0 aliphatic heterocycles. The van der Waals surface area contributed by atoms with E-state index in [1.165, 1.54) is 5.56 Å². The lowest BCUT2D eigenvalue weighted by molar-refractivity contribution is 0.451. The van der Waals surface area contributed by atoms with Crippen molar-refractivity contribution in [2.24, 2.45) is 4.99 Å². The number of hydrogen-bond acceptors (Lipinski definition) is 2. The summed E-state index contributed by atoms with van der Waals surface area (Å²) in [5.74, 6) is 0.290. The van der Waals surface area contributed by atoms with Gasteiger partial charge >= 0.3 is 0 Å². The van der Waals surface area contributed by atoms with Gasteiger partial charge < -0.3 is 5.11 Å². The van der Waals surface area contributed by atoms with E-state index in [4.69, 9.17) is 0 Å². The molecule has 0 unspecified atom stereocenters. The minimum Gasteiger partial charge on any atom is -0.507 e. The molecule has 4 rings (SSSR count). The normalized spacial score (nSPS) is 12.2. The molecule has 172 valence electrons. The standard InChI is InChI=1S/C32H33NO/c1-31(2,26-16-10-6-11-17-26)28-20-25(23-33-22-24-14-8-5-9-15-24)30(34)29(21-28)32(3,4)27-18-12-7-13-19-27/h5-21,23,34H,22H2,1-4H3. The van der Waals surface area contributed by atoms with Crippen LogP contribution in [0.15, 0.2) is 108 Å². The quantitative estimate of drug-likeness (QED) is 0.290. The third kappa shape index (κ3) is 4.82. The van der Waals surface area contributed by atoms with Gasteiger partial charge in [0.05, 0.1) is 6.54 Å². The second-order valence-corrected chi connectivity index (χ2v) is 9.90. The molecule has 0 amide bonds. The van der Waals surface area contributed by atoms with Crippen molar-refractivity contribution in [3.8, 4) is 5.75 Å². The van der Waals surface area contributed by atoms with Gasteiger partial charge in [-0.15, -0.1) is 0 Å². The van der Waals surface area contributed by atoms with Gasteiger partial charge in [-0.05, 0) is 28.3 Å². The fourth-order valence-corrected chi connectivity index (χ4v) is 4.46. The van der Waals surface area contributed by atoms with E-state index in [9.17, 15) is 5.11 Å². The summed E-state index contributed by atoms with van der Waals surface area (Å²) in [7, 11) is 0. The Balaban J connectivity index is 1.84. The van der Waals surface area contributed by atoms with E-state index in [0.717, 1.165) is 27.8 Å². The highest BCUT2D eigenvalue weighted by atomic mass is 16.3. The Morgan fingerprint density at radius 3 is 1.71 bits per heavy atom. The molecule has 4 aromatic rings. The molecule has 2 nitrogen and oxygen atoms in total. The number of phenolic OH excluding ortho intramolecular Hbond substituents is 1. The number of hydrogen-bond donors (Lipinski definition) is 1. The molecule has 0 bridgehead atoms. The molecule has 1 N–H and O–H groups in total. The van der Waals surface area contributed by atoms with Gasteiger partial charge in [-0.2, -0.15) is 0 Å². The molecular formula is C32H33NO. The maximum Gasteiger partial charge on any atom is 0.128 e. The van der Waals surface area contributed by atoms with Crippen molar-refractivity contribution >= 4 is 6.21 Å². The molecule has 0 saturated carbocycles. The molecule has 0 aromatic heterocycles. The number of aliphatic imine (C=N–C) groups is 1. The highest BCUT2D eigenvalue weighted by Crippen LogP contribution is 2.42. The molecular weight excluding hydrogens is 414 g/mol. The fraction of sp³-hybridized carbons (Fsp3) is 0.219. The van der Waals surface area contributed by atoms with E-state index in [2.05, 4.69) is 93.4 Å². The van der Waals surface area contributed by atoms with E-state index in [-0.39, 0.29) is 10.8 Å². The van der Waals surface area contributed by atoms with Gasteiger partial charge in [0.15, 0.2) is 0 Å². The summed E-state index contributed by atoms with van der Waals surface area (Å²) in [6.45, 7) is 9.38. The summed E-state index contributed by atoms with van der Waals surface area (Å²) in [6, 6.07) is 35.3. The predicted octanol–water partition coefficient (Wildman–Crippen LogP) is 7.66. The molecule has 0 heterocycles. The molecule has 2 heteroatoms. The van der Waals surface area contributed by atoms with Crippen LogP contribution in [0.3, 0.4) is 0 Å². The minimum atomic E-state index is -0.379. The van der Waals surface area contributed by atoms with Crippen molar-refractivity contribution in [2.45, 2.75) is 45.1 Å². The molecule has 0 aliphatic carbocycles. The predicted molar refractivity (Wildman–Crippen MR) is 143 cm³/mol. The van der Waals surface area contributed by atoms with Gasteiger partial charge in [0, 0.05) is 28.2 Å². The fourth-order valence-electron chi connectivity index (χ4n) is 4.46. The van der Waals surface area contributed by atoms with E-state index in [1.807, 2.05) is 48.7 Å². The van der Waals surface area contributed by atoms with Crippen LogP contribution in [0.1, 0.15) is 61.1 Å². The van der Waals surface area contributed by atoms with E-state index < -0.39 is 0 Å². The highest BCUT2D eigenvalue weighted by Gasteiger charge is 2.31. The number of phenols is 1. The topological polar surface area (TPSA) is 32.6 Å². The van der Waals surface area contributed by atoms with Gasteiger partial charge in [-0.3, -0.25) is 4.99 Å². The Hall–Kier alpha value is -3.65. The smallest absolute Gasteiger partial charge is 0.128 e. The van der Waals surface area contributed by atoms with Crippen LogP contribution in [0.2, 0.25) is 0 Å². The van der Waals surface area contributed by atoms with Gasteiger partial charge in [0.2, 0.25) is 0 Å².